The number of ether oxygens (including phenoxy) is 1. The summed E-state index contributed by atoms with van der Waals surface area (Å²) in [6.45, 7) is 1.66. The number of alkyl halides is 3. The van der Waals surface area contributed by atoms with Crippen LogP contribution < -0.4 is 0 Å². The standard InChI is InChI=1S/C11H11ClF3NO2/c1-2-18-8(17)3-7-9(10(13)14)6(4-12)5-16-11(7)15/h5,10H,2-4H2,1H3. The monoisotopic (exact) mass is 281 g/mol. The van der Waals surface area contributed by atoms with Crippen LogP contribution in [0.2, 0.25) is 0 Å². The van der Waals surface area contributed by atoms with Gasteiger partial charge in [0.25, 0.3) is 6.43 Å². The minimum atomic E-state index is -2.93. The Hall–Kier alpha value is -1.30. The Balaban J connectivity index is 3.18. The summed E-state index contributed by atoms with van der Waals surface area (Å²) in [4.78, 5) is 14.6. The number of hydrogen-bond acceptors (Lipinski definition) is 3. The zero-order valence-electron chi connectivity index (χ0n) is 9.55. The summed E-state index contributed by atoms with van der Waals surface area (Å²) in [5.74, 6) is -2.12. The molecular weight excluding hydrogens is 271 g/mol. The van der Waals surface area contributed by atoms with Gasteiger partial charge in [0.1, 0.15) is 0 Å². The maximum Gasteiger partial charge on any atom is 0.310 e. The smallest absolute Gasteiger partial charge is 0.310 e. The van der Waals surface area contributed by atoms with Crippen molar-refractivity contribution in [2.45, 2.75) is 25.7 Å². The molecule has 1 heterocycles. The van der Waals surface area contributed by atoms with Gasteiger partial charge in [0.05, 0.1) is 13.0 Å². The molecule has 0 radical (unpaired) electrons. The molecule has 0 spiro atoms. The molecule has 7 heteroatoms. The van der Waals surface area contributed by atoms with Gasteiger partial charge in [-0.3, -0.25) is 4.79 Å². The van der Waals surface area contributed by atoms with Gasteiger partial charge in [-0.05, 0) is 12.5 Å². The minimum Gasteiger partial charge on any atom is -0.466 e. The molecule has 0 aliphatic heterocycles. The minimum absolute atomic E-state index is 0.00682. The molecular formula is C11H11ClF3NO2. The largest absolute Gasteiger partial charge is 0.466 e. The number of halogens is 4. The second kappa shape index (κ2) is 6.58. The molecule has 1 rings (SSSR count). The van der Waals surface area contributed by atoms with E-state index in [4.69, 9.17) is 11.6 Å². The van der Waals surface area contributed by atoms with Crippen molar-refractivity contribution < 1.29 is 22.7 Å². The van der Waals surface area contributed by atoms with Crippen molar-refractivity contribution in [1.82, 2.24) is 4.98 Å². The van der Waals surface area contributed by atoms with Crippen LogP contribution in [-0.2, 0) is 21.8 Å². The predicted octanol–water partition coefficient (Wildman–Crippen LogP) is 3.00. The van der Waals surface area contributed by atoms with Crippen LogP contribution in [0, 0.1) is 5.95 Å². The van der Waals surface area contributed by atoms with Gasteiger partial charge in [-0.1, -0.05) is 0 Å². The van der Waals surface area contributed by atoms with Crippen molar-refractivity contribution in [2.75, 3.05) is 6.61 Å². The van der Waals surface area contributed by atoms with Gasteiger partial charge >= 0.3 is 5.97 Å². The molecule has 0 amide bonds. The Morgan fingerprint density at radius 2 is 2.22 bits per heavy atom. The van der Waals surface area contributed by atoms with E-state index in [9.17, 15) is 18.0 Å². The molecule has 3 nitrogen and oxygen atoms in total. The third kappa shape index (κ3) is 3.35. The molecule has 1 aromatic rings. The lowest BCUT2D eigenvalue weighted by Crippen LogP contribution is -2.13. The van der Waals surface area contributed by atoms with Crippen molar-refractivity contribution in [1.29, 1.82) is 0 Å². The number of nitrogens with zero attached hydrogens (tertiary/aromatic N) is 1. The first kappa shape index (κ1) is 14.8. The second-order valence-electron chi connectivity index (χ2n) is 3.38. The Kier molecular flexibility index (Phi) is 5.40. The fraction of sp³-hybridized carbons (Fsp3) is 0.455. The van der Waals surface area contributed by atoms with E-state index >= 15 is 0 Å². The molecule has 0 aliphatic carbocycles. The third-order valence-corrected chi connectivity index (χ3v) is 2.53. The van der Waals surface area contributed by atoms with Crippen LogP contribution in [0.15, 0.2) is 6.20 Å². The van der Waals surface area contributed by atoms with Gasteiger partial charge in [-0.25, -0.2) is 13.8 Å². The lowest BCUT2D eigenvalue weighted by molar-refractivity contribution is -0.142. The maximum atomic E-state index is 13.4. The summed E-state index contributed by atoms with van der Waals surface area (Å²) in [5, 5.41) is 0. The van der Waals surface area contributed by atoms with Crippen molar-refractivity contribution in [2.24, 2.45) is 0 Å². The van der Waals surface area contributed by atoms with E-state index in [1.54, 1.807) is 6.92 Å². The highest BCUT2D eigenvalue weighted by Crippen LogP contribution is 2.29. The number of rotatable bonds is 5. The number of aromatic nitrogens is 1. The van der Waals surface area contributed by atoms with Crippen LogP contribution in [0.3, 0.4) is 0 Å². The fourth-order valence-electron chi connectivity index (χ4n) is 1.49. The van der Waals surface area contributed by atoms with Crippen LogP contribution >= 0.6 is 11.6 Å². The van der Waals surface area contributed by atoms with Crippen LogP contribution in [0.4, 0.5) is 13.2 Å². The van der Waals surface area contributed by atoms with Gasteiger partial charge < -0.3 is 4.74 Å². The summed E-state index contributed by atoms with van der Waals surface area (Å²) in [6, 6.07) is 0. The molecule has 100 valence electrons. The summed E-state index contributed by atoms with van der Waals surface area (Å²) in [6.07, 6.45) is -2.57. The molecule has 0 N–H and O–H groups in total. The van der Waals surface area contributed by atoms with E-state index < -0.39 is 35.9 Å². The molecule has 1 aromatic heterocycles. The van der Waals surface area contributed by atoms with E-state index in [0.29, 0.717) is 0 Å². The fourth-order valence-corrected chi connectivity index (χ4v) is 1.70. The summed E-state index contributed by atoms with van der Waals surface area (Å²) in [7, 11) is 0. The topological polar surface area (TPSA) is 39.2 Å². The second-order valence-corrected chi connectivity index (χ2v) is 3.65. The third-order valence-electron chi connectivity index (χ3n) is 2.24. The number of hydrogen-bond donors (Lipinski definition) is 0. The highest BCUT2D eigenvalue weighted by atomic mass is 35.5. The molecule has 0 aromatic carbocycles. The lowest BCUT2D eigenvalue weighted by atomic mass is 10.0. The van der Waals surface area contributed by atoms with E-state index in [1.807, 2.05) is 0 Å². The van der Waals surface area contributed by atoms with Gasteiger partial charge in [-0.15, -0.1) is 11.6 Å². The zero-order chi connectivity index (χ0) is 13.7. The maximum absolute atomic E-state index is 13.4. The van der Waals surface area contributed by atoms with Crippen molar-refractivity contribution in [3.05, 3.63) is 28.8 Å². The Morgan fingerprint density at radius 1 is 1.56 bits per heavy atom. The molecule has 0 fully saturated rings. The summed E-state index contributed by atoms with van der Waals surface area (Å²) < 4.78 is 43.8. The Morgan fingerprint density at radius 3 is 2.72 bits per heavy atom. The molecule has 0 atom stereocenters. The predicted molar refractivity (Wildman–Crippen MR) is 59.0 cm³/mol. The van der Waals surface area contributed by atoms with Crippen LogP contribution in [0.25, 0.3) is 0 Å². The van der Waals surface area contributed by atoms with Gasteiger partial charge in [-0.2, -0.15) is 4.39 Å². The quantitative estimate of drug-likeness (QED) is 0.473. The number of carbonyl (C=O) groups excluding carboxylic acids is 1. The van der Waals surface area contributed by atoms with Crippen molar-refractivity contribution >= 4 is 17.6 Å². The van der Waals surface area contributed by atoms with Crippen molar-refractivity contribution in [3.63, 3.8) is 0 Å². The highest BCUT2D eigenvalue weighted by molar-refractivity contribution is 6.17. The van der Waals surface area contributed by atoms with Gasteiger partial charge in [0, 0.05) is 23.2 Å². The normalized spacial score (nSPS) is 10.8. The van der Waals surface area contributed by atoms with Crippen LogP contribution in [0.5, 0.6) is 0 Å². The van der Waals surface area contributed by atoms with E-state index in [2.05, 4.69) is 9.72 Å². The van der Waals surface area contributed by atoms with Crippen LogP contribution in [-0.4, -0.2) is 17.6 Å². The zero-order valence-corrected chi connectivity index (χ0v) is 10.3. The molecule has 0 saturated heterocycles. The first-order chi connectivity index (χ1) is 8.51. The molecule has 18 heavy (non-hydrogen) atoms. The number of carbonyl (C=O) groups is 1. The van der Waals surface area contributed by atoms with E-state index in [0.717, 1.165) is 6.20 Å². The highest BCUT2D eigenvalue weighted by Gasteiger charge is 2.24. The number of pyridine rings is 1. The molecule has 0 aliphatic rings. The Labute approximate surface area is 107 Å². The lowest BCUT2D eigenvalue weighted by Gasteiger charge is -2.12. The van der Waals surface area contributed by atoms with Crippen molar-refractivity contribution in [3.8, 4) is 0 Å². The van der Waals surface area contributed by atoms with Crippen LogP contribution in [0.1, 0.15) is 30.0 Å². The summed E-state index contributed by atoms with van der Waals surface area (Å²) in [5.41, 5.74) is -1.03. The Bertz CT molecular complexity index is 441. The first-order valence-electron chi connectivity index (χ1n) is 5.17. The molecule has 0 bridgehead atoms. The summed E-state index contributed by atoms with van der Waals surface area (Å²) >= 11 is 5.49. The van der Waals surface area contributed by atoms with E-state index in [1.165, 1.54) is 0 Å². The number of esters is 1. The van der Waals surface area contributed by atoms with Gasteiger partial charge in [0.15, 0.2) is 0 Å². The van der Waals surface area contributed by atoms with Gasteiger partial charge in [0.2, 0.25) is 5.95 Å². The van der Waals surface area contributed by atoms with E-state index in [-0.39, 0.29) is 18.1 Å². The average Bonchev–Trinajstić information content (AvgIpc) is 2.31. The molecule has 0 unspecified atom stereocenters. The SMILES string of the molecule is CCOC(=O)Cc1c(F)ncc(CCl)c1C(F)F. The molecule has 0 saturated carbocycles. The first-order valence-corrected chi connectivity index (χ1v) is 5.70. The average molecular weight is 282 g/mol.